The number of hydrogen-bond donors (Lipinski definition) is 0. The van der Waals surface area contributed by atoms with E-state index in [-0.39, 0.29) is 16.3 Å². The van der Waals surface area contributed by atoms with Gasteiger partial charge in [-0.1, -0.05) is 12.1 Å². The Morgan fingerprint density at radius 3 is 2.88 bits per heavy atom. The first-order valence-corrected chi connectivity index (χ1v) is 11.9. The van der Waals surface area contributed by atoms with Crippen LogP contribution < -0.4 is 9.64 Å². The number of esters is 1. The molecule has 4 heterocycles. The summed E-state index contributed by atoms with van der Waals surface area (Å²) in [6, 6.07) is 7.67. The molecule has 0 bridgehead atoms. The van der Waals surface area contributed by atoms with Crippen LogP contribution in [0.15, 0.2) is 30.6 Å². The first-order valence-electron chi connectivity index (χ1n) is 11.1. The van der Waals surface area contributed by atoms with Gasteiger partial charge in [-0.05, 0) is 49.3 Å². The molecule has 1 aromatic carbocycles. The maximum atomic E-state index is 12.8. The molecule has 5 nitrogen and oxygen atoms in total. The highest BCUT2D eigenvalue weighted by molar-refractivity contribution is 7.18. The van der Waals surface area contributed by atoms with Gasteiger partial charge in [0.1, 0.15) is 22.7 Å². The van der Waals surface area contributed by atoms with Crippen LogP contribution in [-0.2, 0) is 24.1 Å². The Hall–Kier alpha value is -2.68. The number of nitrogens with zero attached hydrogens (tertiary/aromatic N) is 3. The van der Waals surface area contributed by atoms with Gasteiger partial charge in [-0.15, -0.1) is 11.3 Å². The van der Waals surface area contributed by atoms with E-state index in [1.54, 1.807) is 6.07 Å². The molecule has 6 rings (SSSR count). The molecule has 2 aliphatic heterocycles. The minimum absolute atomic E-state index is 0.188. The van der Waals surface area contributed by atoms with Crippen LogP contribution in [0.25, 0.3) is 10.2 Å². The smallest absolute Gasteiger partial charge is 0.393 e. The molecule has 2 aromatic heterocycles. The van der Waals surface area contributed by atoms with Gasteiger partial charge < -0.3 is 9.64 Å². The Morgan fingerprint density at radius 1 is 1.21 bits per heavy atom. The predicted octanol–water partition coefficient (Wildman–Crippen LogP) is 5.11. The molecule has 33 heavy (non-hydrogen) atoms. The van der Waals surface area contributed by atoms with Crippen molar-refractivity contribution in [3.63, 3.8) is 0 Å². The minimum atomic E-state index is -4.23. The molecule has 1 spiro atoms. The molecule has 3 aromatic rings. The summed E-state index contributed by atoms with van der Waals surface area (Å²) in [5.41, 5.74) is 2.48. The van der Waals surface area contributed by atoms with E-state index in [1.807, 2.05) is 6.07 Å². The average Bonchev–Trinajstić information content (AvgIpc) is 3.40. The highest BCUT2D eigenvalue weighted by Gasteiger charge is 2.48. The molecule has 2 fully saturated rings. The zero-order valence-electron chi connectivity index (χ0n) is 17.8. The quantitative estimate of drug-likeness (QED) is 0.390. The fraction of sp³-hybridized carbons (Fsp3) is 0.458. The number of hydrogen-bond acceptors (Lipinski definition) is 6. The number of aromatic nitrogens is 2. The maximum Gasteiger partial charge on any atom is 0.393 e. The summed E-state index contributed by atoms with van der Waals surface area (Å²) in [4.78, 5) is 23.2. The van der Waals surface area contributed by atoms with Crippen molar-refractivity contribution >= 4 is 33.3 Å². The summed E-state index contributed by atoms with van der Waals surface area (Å²) >= 11 is 1.10. The Balaban J connectivity index is 1.12. The Bertz CT molecular complexity index is 1250. The molecule has 0 N–H and O–H groups in total. The Labute approximate surface area is 192 Å². The van der Waals surface area contributed by atoms with Gasteiger partial charge in [-0.25, -0.2) is 9.97 Å². The van der Waals surface area contributed by atoms with Gasteiger partial charge in [0.05, 0.1) is 18.2 Å². The lowest BCUT2D eigenvalue weighted by Gasteiger charge is -2.49. The summed E-state index contributed by atoms with van der Waals surface area (Å²) in [6.45, 7) is 1.76. The van der Waals surface area contributed by atoms with Crippen molar-refractivity contribution in [3.8, 4) is 5.75 Å². The number of carbonyl (C=O) groups is 1. The second-order valence-corrected chi connectivity index (χ2v) is 10.8. The van der Waals surface area contributed by atoms with Crippen LogP contribution in [0.4, 0.5) is 19.0 Å². The van der Waals surface area contributed by atoms with E-state index in [4.69, 9.17) is 4.74 Å². The number of halogens is 3. The summed E-state index contributed by atoms with van der Waals surface area (Å²) in [6.07, 6.45) is 1.09. The Kier molecular flexibility index (Phi) is 4.69. The van der Waals surface area contributed by atoms with Crippen LogP contribution in [-0.4, -0.2) is 35.2 Å². The third kappa shape index (κ3) is 3.96. The van der Waals surface area contributed by atoms with Gasteiger partial charge in [0.2, 0.25) is 0 Å². The fourth-order valence-electron chi connectivity index (χ4n) is 5.78. The summed E-state index contributed by atoms with van der Waals surface area (Å²) in [5.74, 6) is 1.84. The van der Waals surface area contributed by atoms with E-state index in [1.165, 1.54) is 11.9 Å². The van der Waals surface area contributed by atoms with Gasteiger partial charge in [0.15, 0.2) is 0 Å². The second kappa shape index (κ2) is 7.41. The normalized spacial score (nSPS) is 21.5. The monoisotopic (exact) mass is 473 g/mol. The first kappa shape index (κ1) is 20.9. The van der Waals surface area contributed by atoms with E-state index in [2.05, 4.69) is 27.0 Å². The predicted molar refractivity (Wildman–Crippen MR) is 119 cm³/mol. The van der Waals surface area contributed by atoms with Crippen molar-refractivity contribution in [1.29, 1.82) is 0 Å². The maximum absolute atomic E-state index is 12.8. The van der Waals surface area contributed by atoms with Gasteiger partial charge in [-0.3, -0.25) is 4.79 Å². The summed E-state index contributed by atoms with van der Waals surface area (Å²) in [5, 5.41) is 0.723. The molecule has 1 saturated carbocycles. The minimum Gasteiger partial charge on any atom is -0.426 e. The number of carbonyl (C=O) groups excluding carboxylic acids is 1. The number of benzene rings is 1. The third-order valence-electron chi connectivity index (χ3n) is 7.10. The fourth-order valence-corrected chi connectivity index (χ4v) is 6.80. The number of anilines is 1. The van der Waals surface area contributed by atoms with Crippen LogP contribution in [0.3, 0.4) is 0 Å². The zero-order chi connectivity index (χ0) is 22.8. The van der Waals surface area contributed by atoms with Crippen molar-refractivity contribution in [2.75, 3.05) is 18.0 Å². The third-order valence-corrected chi connectivity index (χ3v) is 8.14. The molecule has 172 valence electrons. The van der Waals surface area contributed by atoms with E-state index >= 15 is 0 Å². The molecule has 1 atom stereocenters. The second-order valence-electron chi connectivity index (χ2n) is 9.68. The van der Waals surface area contributed by atoms with E-state index in [0.717, 1.165) is 66.9 Å². The molecule has 1 unspecified atom stereocenters. The van der Waals surface area contributed by atoms with E-state index in [0.29, 0.717) is 22.9 Å². The molecule has 1 aliphatic carbocycles. The number of thiophene rings is 1. The molecule has 3 aliphatic rings. The first-order chi connectivity index (χ1) is 15.8. The van der Waals surface area contributed by atoms with Crippen LogP contribution in [0.2, 0.25) is 0 Å². The lowest BCUT2D eigenvalue weighted by Crippen LogP contribution is -2.55. The van der Waals surface area contributed by atoms with E-state index < -0.39 is 12.6 Å². The highest BCUT2D eigenvalue weighted by atomic mass is 32.1. The van der Waals surface area contributed by atoms with Crippen LogP contribution >= 0.6 is 11.3 Å². The SMILES string of the molecule is O=C1Cc2cc(CC3CCC4(C3)CN(c3ncnc5sc(CC(F)(F)F)cc35)C4)ccc2O1. The van der Waals surface area contributed by atoms with Gasteiger partial charge >= 0.3 is 12.1 Å². The molecular weight excluding hydrogens is 451 g/mol. The van der Waals surface area contributed by atoms with Gasteiger partial charge in [0.25, 0.3) is 0 Å². The molecular formula is C24H22F3N3O2S. The Morgan fingerprint density at radius 2 is 2.06 bits per heavy atom. The van der Waals surface area contributed by atoms with Crippen LogP contribution in [0.1, 0.15) is 35.3 Å². The zero-order valence-corrected chi connectivity index (χ0v) is 18.6. The van der Waals surface area contributed by atoms with Crippen molar-refractivity contribution in [2.24, 2.45) is 11.3 Å². The lowest BCUT2D eigenvalue weighted by molar-refractivity contribution is -0.132. The highest BCUT2D eigenvalue weighted by Crippen LogP contribution is 2.51. The largest absolute Gasteiger partial charge is 0.426 e. The van der Waals surface area contributed by atoms with Crippen LogP contribution in [0.5, 0.6) is 5.75 Å². The van der Waals surface area contributed by atoms with Crippen LogP contribution in [0, 0.1) is 11.3 Å². The number of fused-ring (bicyclic) bond motifs is 2. The standard InChI is InChI=1S/C24H22F3N3O2S/c25-24(26,27)10-17-8-18-21(28-13-29-22(18)33-17)30-11-23(12-30)4-3-15(9-23)5-14-1-2-19-16(6-14)7-20(31)32-19/h1-2,6,8,13,15H,3-5,7,9-12H2. The summed E-state index contributed by atoms with van der Waals surface area (Å²) < 4.78 is 43.7. The molecule has 9 heteroatoms. The molecule has 1 saturated heterocycles. The lowest BCUT2D eigenvalue weighted by atomic mass is 9.77. The van der Waals surface area contributed by atoms with Crippen molar-refractivity contribution in [1.82, 2.24) is 9.97 Å². The van der Waals surface area contributed by atoms with Gasteiger partial charge in [-0.2, -0.15) is 13.2 Å². The van der Waals surface area contributed by atoms with Crippen molar-refractivity contribution in [3.05, 3.63) is 46.6 Å². The summed E-state index contributed by atoms with van der Waals surface area (Å²) in [7, 11) is 0. The number of alkyl halides is 3. The average molecular weight is 474 g/mol. The molecule has 0 amide bonds. The van der Waals surface area contributed by atoms with Crippen molar-refractivity contribution in [2.45, 2.75) is 44.7 Å². The van der Waals surface area contributed by atoms with Crippen molar-refractivity contribution < 1.29 is 22.7 Å². The topological polar surface area (TPSA) is 55.3 Å². The van der Waals surface area contributed by atoms with E-state index in [9.17, 15) is 18.0 Å². The molecule has 0 radical (unpaired) electrons. The number of rotatable bonds is 4. The number of ether oxygens (including phenoxy) is 1. The van der Waals surface area contributed by atoms with Gasteiger partial charge in [0, 0.05) is 28.9 Å².